The van der Waals surface area contributed by atoms with Gasteiger partial charge in [0.2, 0.25) is 0 Å². The van der Waals surface area contributed by atoms with E-state index >= 15 is 0 Å². The number of nitrogens with two attached hydrogens (primary N) is 1. The van der Waals surface area contributed by atoms with Gasteiger partial charge >= 0.3 is 0 Å². The van der Waals surface area contributed by atoms with Gasteiger partial charge in [-0.25, -0.2) is 4.39 Å². The molecule has 0 bridgehead atoms. The molecular weight excluding hydrogens is 241 g/mol. The van der Waals surface area contributed by atoms with E-state index < -0.39 is 0 Å². The lowest BCUT2D eigenvalue weighted by Gasteiger charge is -2.26. The summed E-state index contributed by atoms with van der Waals surface area (Å²) in [6.07, 6.45) is 2.48. The molecule has 1 aliphatic rings. The van der Waals surface area contributed by atoms with Crippen molar-refractivity contribution >= 4 is 0 Å². The third-order valence-corrected chi connectivity index (χ3v) is 4.01. The molecule has 2 N–H and O–H groups in total. The van der Waals surface area contributed by atoms with Crippen LogP contribution in [0.15, 0.2) is 18.3 Å². The van der Waals surface area contributed by atoms with Gasteiger partial charge in [0.1, 0.15) is 5.82 Å². The Morgan fingerprint density at radius 1 is 1.47 bits per heavy atom. The molecule has 19 heavy (non-hydrogen) atoms. The molecule has 0 spiro atoms. The van der Waals surface area contributed by atoms with Gasteiger partial charge in [-0.3, -0.25) is 4.98 Å². The lowest BCUT2D eigenvalue weighted by molar-refractivity contribution is 0.239. The second kappa shape index (κ2) is 5.55. The minimum absolute atomic E-state index is 0.135. The second-order valence-corrected chi connectivity index (χ2v) is 6.55. The van der Waals surface area contributed by atoms with Crippen molar-refractivity contribution in [3.8, 4) is 0 Å². The summed E-state index contributed by atoms with van der Waals surface area (Å²) in [4.78, 5) is 6.55. The molecule has 106 valence electrons. The minimum Gasteiger partial charge on any atom is -0.322 e. The van der Waals surface area contributed by atoms with E-state index in [2.05, 4.69) is 30.7 Å². The van der Waals surface area contributed by atoms with E-state index in [1.807, 2.05) is 0 Å². The maximum atomic E-state index is 12.9. The number of pyridine rings is 1. The van der Waals surface area contributed by atoms with Crippen molar-refractivity contribution in [2.24, 2.45) is 17.1 Å². The average Bonchev–Trinajstić information content (AvgIpc) is 2.68. The Morgan fingerprint density at radius 3 is 2.74 bits per heavy atom. The highest BCUT2D eigenvalue weighted by Crippen LogP contribution is 2.30. The predicted molar refractivity (Wildman–Crippen MR) is 75.1 cm³/mol. The molecule has 0 saturated carbocycles. The fourth-order valence-corrected chi connectivity index (χ4v) is 2.78. The van der Waals surface area contributed by atoms with E-state index in [-0.39, 0.29) is 11.9 Å². The number of hydrogen-bond donors (Lipinski definition) is 1. The summed E-state index contributed by atoms with van der Waals surface area (Å²) in [5, 5.41) is 0. The van der Waals surface area contributed by atoms with E-state index in [1.165, 1.54) is 18.7 Å². The number of halogens is 1. The van der Waals surface area contributed by atoms with Gasteiger partial charge < -0.3 is 10.6 Å². The van der Waals surface area contributed by atoms with Crippen LogP contribution in [0.25, 0.3) is 0 Å². The van der Waals surface area contributed by atoms with Crippen LogP contribution in [0.3, 0.4) is 0 Å². The molecule has 3 nitrogen and oxygen atoms in total. The first kappa shape index (κ1) is 14.4. The molecule has 1 aromatic heterocycles. The van der Waals surface area contributed by atoms with Crippen LogP contribution in [-0.4, -0.2) is 29.5 Å². The fraction of sp³-hybridized carbons (Fsp3) is 0.667. The van der Waals surface area contributed by atoms with E-state index in [4.69, 9.17) is 5.73 Å². The zero-order valence-electron chi connectivity index (χ0n) is 12.1. The van der Waals surface area contributed by atoms with Crippen LogP contribution in [0.4, 0.5) is 4.39 Å². The molecule has 0 radical (unpaired) electrons. The van der Waals surface area contributed by atoms with Crippen LogP contribution < -0.4 is 5.73 Å². The van der Waals surface area contributed by atoms with Crippen molar-refractivity contribution in [1.29, 1.82) is 0 Å². The van der Waals surface area contributed by atoms with Crippen molar-refractivity contribution in [3.63, 3.8) is 0 Å². The molecule has 4 heteroatoms. The Balaban J connectivity index is 1.92. The fourth-order valence-electron chi connectivity index (χ4n) is 2.78. The Kier molecular flexibility index (Phi) is 4.21. The molecule has 0 amide bonds. The molecule has 1 fully saturated rings. The van der Waals surface area contributed by atoms with Gasteiger partial charge in [-0.05, 0) is 36.4 Å². The molecule has 2 unspecified atom stereocenters. The molecule has 1 saturated heterocycles. The van der Waals surface area contributed by atoms with Gasteiger partial charge in [0.25, 0.3) is 0 Å². The summed E-state index contributed by atoms with van der Waals surface area (Å²) < 4.78 is 12.9. The number of hydrogen-bond acceptors (Lipinski definition) is 3. The molecule has 1 aromatic rings. The highest BCUT2D eigenvalue weighted by molar-refractivity contribution is 5.10. The van der Waals surface area contributed by atoms with Crippen LogP contribution in [0.1, 0.15) is 38.9 Å². The lowest BCUT2D eigenvalue weighted by Crippen LogP contribution is -2.33. The van der Waals surface area contributed by atoms with Gasteiger partial charge in [0.05, 0.1) is 17.9 Å². The van der Waals surface area contributed by atoms with Crippen LogP contribution in [0, 0.1) is 17.2 Å². The van der Waals surface area contributed by atoms with Crippen molar-refractivity contribution < 1.29 is 4.39 Å². The monoisotopic (exact) mass is 265 g/mol. The average molecular weight is 265 g/mol. The zero-order chi connectivity index (χ0) is 14.0. The number of likely N-dealkylation sites (tertiary alicyclic amines) is 1. The van der Waals surface area contributed by atoms with E-state index in [9.17, 15) is 4.39 Å². The third-order valence-electron chi connectivity index (χ3n) is 4.01. The zero-order valence-corrected chi connectivity index (χ0v) is 12.1. The van der Waals surface area contributed by atoms with Crippen molar-refractivity contribution in [2.75, 3.05) is 19.6 Å². The number of nitrogens with zero attached hydrogens (tertiary/aromatic N) is 2. The summed E-state index contributed by atoms with van der Waals surface area (Å²) in [7, 11) is 0. The van der Waals surface area contributed by atoms with Gasteiger partial charge in [0, 0.05) is 13.1 Å². The number of aromatic nitrogens is 1. The largest absolute Gasteiger partial charge is 0.322 e. The summed E-state index contributed by atoms with van der Waals surface area (Å²) in [5.74, 6) is -0.00300. The molecule has 0 aromatic carbocycles. The molecule has 1 aliphatic heterocycles. The van der Waals surface area contributed by atoms with Crippen molar-refractivity contribution in [2.45, 2.75) is 33.2 Å². The summed E-state index contributed by atoms with van der Waals surface area (Å²) in [6.45, 7) is 9.99. The predicted octanol–water partition coefficient (Wildman–Crippen LogP) is 2.59. The van der Waals surface area contributed by atoms with Crippen molar-refractivity contribution in [1.82, 2.24) is 9.88 Å². The lowest BCUT2D eigenvalue weighted by atomic mass is 9.93. The maximum absolute atomic E-state index is 12.9. The highest BCUT2D eigenvalue weighted by Gasteiger charge is 2.30. The highest BCUT2D eigenvalue weighted by atomic mass is 19.1. The van der Waals surface area contributed by atoms with Gasteiger partial charge in [-0.1, -0.05) is 20.8 Å². The Bertz CT molecular complexity index is 416. The second-order valence-electron chi connectivity index (χ2n) is 6.55. The molecule has 0 aliphatic carbocycles. The smallest absolute Gasteiger partial charge is 0.141 e. The third kappa shape index (κ3) is 3.74. The van der Waals surface area contributed by atoms with Crippen LogP contribution in [-0.2, 0) is 0 Å². The molecule has 2 heterocycles. The van der Waals surface area contributed by atoms with E-state index in [0.717, 1.165) is 25.3 Å². The van der Waals surface area contributed by atoms with Crippen molar-refractivity contribution in [3.05, 3.63) is 29.8 Å². The molecule has 2 rings (SSSR count). The van der Waals surface area contributed by atoms with Gasteiger partial charge in [-0.15, -0.1) is 0 Å². The quantitative estimate of drug-likeness (QED) is 0.910. The normalized spacial score (nSPS) is 22.4. The van der Waals surface area contributed by atoms with Crippen LogP contribution >= 0.6 is 0 Å². The van der Waals surface area contributed by atoms with Crippen LogP contribution in [0.2, 0.25) is 0 Å². The van der Waals surface area contributed by atoms with Gasteiger partial charge in [-0.2, -0.15) is 0 Å². The maximum Gasteiger partial charge on any atom is 0.141 e. The number of rotatable bonds is 4. The van der Waals surface area contributed by atoms with Crippen LogP contribution in [0.5, 0.6) is 0 Å². The first-order valence-electron chi connectivity index (χ1n) is 6.97. The summed E-state index contributed by atoms with van der Waals surface area (Å²) in [5.41, 5.74) is 7.41. The first-order chi connectivity index (χ1) is 8.87. The Labute approximate surface area is 115 Å². The molecule has 2 atom stereocenters. The standard InChI is InChI=1S/C15H24FN3/c1-11(9-19-7-6-15(2,3)10-19)14(17)13-5-4-12(16)8-18-13/h4-5,8,11,14H,6-7,9-10,17H2,1-3H3. The summed E-state index contributed by atoms with van der Waals surface area (Å²) in [6, 6.07) is 2.97. The Hall–Kier alpha value is -1.00. The Morgan fingerprint density at radius 2 is 2.21 bits per heavy atom. The molecular formula is C15H24FN3. The first-order valence-corrected chi connectivity index (χ1v) is 6.97. The van der Waals surface area contributed by atoms with E-state index in [1.54, 1.807) is 6.07 Å². The topological polar surface area (TPSA) is 42.1 Å². The van der Waals surface area contributed by atoms with Gasteiger partial charge in [0.15, 0.2) is 0 Å². The van der Waals surface area contributed by atoms with E-state index in [0.29, 0.717) is 11.3 Å². The summed E-state index contributed by atoms with van der Waals surface area (Å²) >= 11 is 0. The SMILES string of the molecule is CC(CN1CCC(C)(C)C1)C(N)c1ccc(F)cn1. The minimum atomic E-state index is -0.315.